The lowest BCUT2D eigenvalue weighted by Crippen LogP contribution is -2.37. The van der Waals surface area contributed by atoms with Gasteiger partial charge in [-0.3, -0.25) is 9.59 Å². The molecule has 2 heterocycles. The number of hydrogen-bond donors (Lipinski definition) is 1. The zero-order valence-corrected chi connectivity index (χ0v) is 21.5. The third-order valence-electron chi connectivity index (χ3n) is 6.39. The van der Waals surface area contributed by atoms with Gasteiger partial charge in [-0.2, -0.15) is 5.26 Å². The normalized spacial score (nSPS) is 13.4. The Morgan fingerprint density at radius 2 is 1.79 bits per heavy atom. The number of benzene rings is 2. The molecule has 0 unspecified atom stereocenters. The number of aromatic nitrogens is 2. The van der Waals surface area contributed by atoms with E-state index in [9.17, 15) is 9.59 Å². The lowest BCUT2D eigenvalue weighted by molar-refractivity contribution is -0.150. The minimum Gasteiger partial charge on any atom is -0.463 e. The van der Waals surface area contributed by atoms with Crippen LogP contribution in [-0.4, -0.2) is 67.2 Å². The van der Waals surface area contributed by atoms with Crippen molar-refractivity contribution in [2.75, 3.05) is 50.7 Å². The van der Waals surface area contributed by atoms with Gasteiger partial charge in [0, 0.05) is 55.9 Å². The zero-order chi connectivity index (χ0) is 26.9. The molecule has 0 aliphatic carbocycles. The van der Waals surface area contributed by atoms with E-state index >= 15 is 0 Å². The van der Waals surface area contributed by atoms with Crippen LogP contribution in [0.15, 0.2) is 60.8 Å². The Hall–Kier alpha value is -4.49. The standard InChI is InChI=1S/C28H30N6O4/c1-33(19-29)26(35)21-5-3-20(4-6-21)25-11-14-30-28(32-25)31-23-7-9-24(10-8-23)34-15-12-22(13-16-34)27(36)38-18-17-37-2/h3-11,14,22H,12-13,15-18H2,1-2H3,(H,30,31,32). The van der Waals surface area contributed by atoms with E-state index in [-0.39, 0.29) is 17.8 Å². The lowest BCUT2D eigenvalue weighted by atomic mass is 9.96. The zero-order valence-electron chi connectivity index (χ0n) is 21.5. The van der Waals surface area contributed by atoms with Crippen LogP contribution in [0.1, 0.15) is 23.2 Å². The number of ether oxygens (including phenoxy) is 2. The predicted octanol–water partition coefficient (Wildman–Crippen LogP) is 3.85. The number of nitrogens with one attached hydrogen (secondary N) is 1. The van der Waals surface area contributed by atoms with Crippen molar-refractivity contribution in [3.05, 3.63) is 66.4 Å². The summed E-state index contributed by atoms with van der Waals surface area (Å²) in [4.78, 5) is 36.5. The molecule has 1 aliphatic heterocycles. The van der Waals surface area contributed by atoms with Crippen LogP contribution in [0.3, 0.4) is 0 Å². The van der Waals surface area contributed by atoms with Crippen molar-refractivity contribution in [3.63, 3.8) is 0 Å². The number of esters is 1. The predicted molar refractivity (Wildman–Crippen MR) is 143 cm³/mol. The molecule has 0 atom stereocenters. The highest BCUT2D eigenvalue weighted by Gasteiger charge is 2.26. The van der Waals surface area contributed by atoms with E-state index < -0.39 is 0 Å². The van der Waals surface area contributed by atoms with E-state index in [4.69, 9.17) is 14.7 Å². The average molecular weight is 515 g/mol. The number of rotatable bonds is 9. The van der Waals surface area contributed by atoms with Crippen LogP contribution in [-0.2, 0) is 14.3 Å². The van der Waals surface area contributed by atoms with Crippen molar-refractivity contribution in [1.82, 2.24) is 14.9 Å². The quantitative estimate of drug-likeness (QED) is 0.196. The Kier molecular flexibility index (Phi) is 8.85. The van der Waals surface area contributed by atoms with Crippen LogP contribution in [0, 0.1) is 17.4 Å². The first-order valence-corrected chi connectivity index (χ1v) is 12.4. The van der Waals surface area contributed by atoms with E-state index in [0.717, 1.165) is 47.8 Å². The highest BCUT2D eigenvalue weighted by atomic mass is 16.6. The lowest BCUT2D eigenvalue weighted by Gasteiger charge is -2.32. The van der Waals surface area contributed by atoms with E-state index in [0.29, 0.717) is 30.4 Å². The first-order valence-electron chi connectivity index (χ1n) is 12.4. The molecule has 10 nitrogen and oxygen atoms in total. The van der Waals surface area contributed by atoms with Crippen LogP contribution in [0.2, 0.25) is 0 Å². The third-order valence-corrected chi connectivity index (χ3v) is 6.39. The number of nitriles is 1. The number of carbonyl (C=O) groups excluding carboxylic acids is 2. The second kappa shape index (κ2) is 12.7. The maximum atomic E-state index is 12.2. The molecule has 1 amide bonds. The molecule has 0 bridgehead atoms. The molecule has 2 aromatic carbocycles. The highest BCUT2D eigenvalue weighted by Crippen LogP contribution is 2.26. The molecule has 1 aromatic heterocycles. The summed E-state index contributed by atoms with van der Waals surface area (Å²) in [5.41, 5.74) is 3.90. The summed E-state index contributed by atoms with van der Waals surface area (Å²) in [6, 6.07) is 16.8. The topological polar surface area (TPSA) is 121 Å². The van der Waals surface area contributed by atoms with E-state index in [1.165, 1.54) is 7.05 Å². The molecular formula is C28H30N6O4. The number of nitrogens with zero attached hydrogens (tertiary/aromatic N) is 5. The molecule has 1 aliphatic rings. The van der Waals surface area contributed by atoms with Gasteiger partial charge in [-0.1, -0.05) is 12.1 Å². The molecule has 1 fully saturated rings. The number of methoxy groups -OCH3 is 1. The molecule has 0 saturated carbocycles. The number of anilines is 3. The van der Waals surface area contributed by atoms with Gasteiger partial charge < -0.3 is 19.7 Å². The van der Waals surface area contributed by atoms with Gasteiger partial charge in [0.1, 0.15) is 6.61 Å². The second-order valence-electron chi connectivity index (χ2n) is 8.90. The van der Waals surface area contributed by atoms with Crippen molar-refractivity contribution in [1.29, 1.82) is 5.26 Å². The summed E-state index contributed by atoms with van der Waals surface area (Å²) in [7, 11) is 3.01. The van der Waals surface area contributed by atoms with Crippen LogP contribution in [0.4, 0.5) is 17.3 Å². The summed E-state index contributed by atoms with van der Waals surface area (Å²) >= 11 is 0. The molecule has 196 valence electrons. The Balaban J connectivity index is 1.34. The maximum absolute atomic E-state index is 12.2. The van der Waals surface area contributed by atoms with Crippen LogP contribution < -0.4 is 10.2 Å². The SMILES string of the molecule is COCCOC(=O)C1CCN(c2ccc(Nc3nccc(-c4ccc(C(=O)N(C)C#N)cc4)n3)cc2)CC1. The smallest absolute Gasteiger partial charge is 0.309 e. The largest absolute Gasteiger partial charge is 0.463 e. The first-order chi connectivity index (χ1) is 18.5. The molecule has 1 saturated heterocycles. The van der Waals surface area contributed by atoms with Crippen LogP contribution >= 0.6 is 0 Å². The Morgan fingerprint density at radius 1 is 1.08 bits per heavy atom. The van der Waals surface area contributed by atoms with E-state index in [1.54, 1.807) is 43.6 Å². The molecule has 10 heteroatoms. The second-order valence-corrected chi connectivity index (χ2v) is 8.90. The van der Waals surface area contributed by atoms with Crippen LogP contribution in [0.5, 0.6) is 0 Å². The van der Waals surface area contributed by atoms with Gasteiger partial charge in [-0.05, 0) is 55.3 Å². The van der Waals surface area contributed by atoms with Crippen molar-refractivity contribution >= 4 is 29.2 Å². The van der Waals surface area contributed by atoms with Gasteiger partial charge in [-0.15, -0.1) is 0 Å². The minimum absolute atomic E-state index is 0.0657. The van der Waals surface area contributed by atoms with Gasteiger partial charge in [0.05, 0.1) is 18.2 Å². The van der Waals surface area contributed by atoms with Gasteiger partial charge in [0.25, 0.3) is 5.91 Å². The fraction of sp³-hybridized carbons (Fsp3) is 0.321. The highest BCUT2D eigenvalue weighted by molar-refractivity contribution is 5.95. The van der Waals surface area contributed by atoms with Crippen molar-refractivity contribution < 1.29 is 19.1 Å². The molecule has 1 N–H and O–H groups in total. The maximum Gasteiger partial charge on any atom is 0.309 e. The number of piperidine rings is 1. The summed E-state index contributed by atoms with van der Waals surface area (Å²) in [5.74, 6) is -0.117. The summed E-state index contributed by atoms with van der Waals surface area (Å²) in [6.07, 6.45) is 5.00. The third kappa shape index (κ3) is 6.63. The number of hydrogen-bond acceptors (Lipinski definition) is 9. The number of carbonyl (C=O) groups is 2. The van der Waals surface area contributed by atoms with Crippen molar-refractivity contribution in [2.24, 2.45) is 5.92 Å². The van der Waals surface area contributed by atoms with E-state index in [1.807, 2.05) is 30.5 Å². The van der Waals surface area contributed by atoms with Gasteiger partial charge in [0.15, 0.2) is 6.19 Å². The Morgan fingerprint density at radius 3 is 2.45 bits per heavy atom. The summed E-state index contributed by atoms with van der Waals surface area (Å²) in [6.45, 7) is 2.29. The number of amides is 1. The monoisotopic (exact) mass is 514 g/mol. The average Bonchev–Trinajstić information content (AvgIpc) is 2.97. The van der Waals surface area contributed by atoms with Crippen molar-refractivity contribution in [3.8, 4) is 17.5 Å². The Bertz CT molecular complexity index is 1280. The first kappa shape index (κ1) is 26.6. The van der Waals surface area contributed by atoms with Crippen LogP contribution in [0.25, 0.3) is 11.3 Å². The molecule has 4 rings (SSSR count). The summed E-state index contributed by atoms with van der Waals surface area (Å²) in [5, 5.41) is 12.1. The van der Waals surface area contributed by atoms with Gasteiger partial charge in [-0.25, -0.2) is 14.9 Å². The van der Waals surface area contributed by atoms with Crippen molar-refractivity contribution in [2.45, 2.75) is 12.8 Å². The molecule has 0 radical (unpaired) electrons. The Labute approximate surface area is 221 Å². The minimum atomic E-state index is -0.364. The van der Waals surface area contributed by atoms with Gasteiger partial charge in [0.2, 0.25) is 5.95 Å². The molecular weight excluding hydrogens is 484 g/mol. The molecule has 0 spiro atoms. The fourth-order valence-corrected chi connectivity index (χ4v) is 4.20. The van der Waals surface area contributed by atoms with Gasteiger partial charge >= 0.3 is 5.97 Å². The molecule has 38 heavy (non-hydrogen) atoms. The molecule has 3 aromatic rings. The van der Waals surface area contributed by atoms with E-state index in [2.05, 4.69) is 20.2 Å². The fourth-order valence-electron chi connectivity index (χ4n) is 4.20. The summed E-state index contributed by atoms with van der Waals surface area (Å²) < 4.78 is 10.2.